The van der Waals surface area contributed by atoms with E-state index in [1.807, 2.05) is 13.1 Å². The largest absolute Gasteiger partial charge is 0.312 e. The summed E-state index contributed by atoms with van der Waals surface area (Å²) in [5, 5.41) is 3.75. The maximum absolute atomic E-state index is 13.3. The van der Waals surface area contributed by atoms with Gasteiger partial charge in [0.25, 0.3) is 0 Å². The van der Waals surface area contributed by atoms with Crippen LogP contribution in [0.1, 0.15) is 24.8 Å². The first-order valence-electron chi connectivity index (χ1n) is 6.36. The van der Waals surface area contributed by atoms with Crippen LogP contribution in [0.5, 0.6) is 0 Å². The van der Waals surface area contributed by atoms with Gasteiger partial charge < -0.3 is 5.32 Å². The van der Waals surface area contributed by atoms with Gasteiger partial charge in [-0.2, -0.15) is 0 Å². The number of thiophene rings is 1. The highest BCUT2D eigenvalue weighted by molar-refractivity contribution is 9.10. The standard InChI is InChI=1S/C15H16BrClFNS/c1-8(2)15(19-3)13-5-4-12(20-13)14-10(16)6-9(18)7-11(14)17/h4-8,15,19H,1-3H3. The minimum Gasteiger partial charge on any atom is -0.312 e. The topological polar surface area (TPSA) is 12.0 Å². The van der Waals surface area contributed by atoms with E-state index in [2.05, 4.69) is 41.2 Å². The Kier molecular flexibility index (Phi) is 5.24. The van der Waals surface area contributed by atoms with Crippen LogP contribution in [0.3, 0.4) is 0 Å². The van der Waals surface area contributed by atoms with Crippen molar-refractivity contribution in [1.29, 1.82) is 0 Å². The molecule has 0 aliphatic heterocycles. The molecule has 1 N–H and O–H groups in total. The Morgan fingerprint density at radius 3 is 2.55 bits per heavy atom. The highest BCUT2D eigenvalue weighted by atomic mass is 79.9. The molecule has 1 unspecified atom stereocenters. The van der Waals surface area contributed by atoms with Crippen molar-refractivity contribution >= 4 is 38.9 Å². The van der Waals surface area contributed by atoms with Gasteiger partial charge in [-0.25, -0.2) is 4.39 Å². The summed E-state index contributed by atoms with van der Waals surface area (Å²) in [6.45, 7) is 4.36. The van der Waals surface area contributed by atoms with Crippen molar-refractivity contribution < 1.29 is 4.39 Å². The molecule has 1 heterocycles. The Hall–Kier alpha value is -0.420. The quantitative estimate of drug-likeness (QED) is 0.702. The van der Waals surface area contributed by atoms with Crippen LogP contribution in [-0.2, 0) is 0 Å². The van der Waals surface area contributed by atoms with Crippen molar-refractivity contribution in [2.24, 2.45) is 5.92 Å². The number of halogens is 3. The minimum atomic E-state index is -0.335. The van der Waals surface area contributed by atoms with E-state index in [-0.39, 0.29) is 5.82 Å². The first-order valence-corrected chi connectivity index (χ1v) is 8.34. The molecule has 1 aromatic carbocycles. The predicted molar refractivity (Wildman–Crippen MR) is 89.1 cm³/mol. The van der Waals surface area contributed by atoms with Crippen LogP contribution in [0, 0.1) is 11.7 Å². The molecule has 1 nitrogen and oxygen atoms in total. The van der Waals surface area contributed by atoms with E-state index in [1.165, 1.54) is 17.0 Å². The molecule has 0 fully saturated rings. The zero-order chi connectivity index (χ0) is 14.9. The number of hydrogen-bond acceptors (Lipinski definition) is 2. The van der Waals surface area contributed by atoms with E-state index in [0.717, 1.165) is 10.4 Å². The van der Waals surface area contributed by atoms with Crippen LogP contribution in [0.2, 0.25) is 5.02 Å². The molecular formula is C15H16BrClFNS. The van der Waals surface area contributed by atoms with Gasteiger partial charge in [-0.3, -0.25) is 0 Å². The number of hydrogen-bond donors (Lipinski definition) is 1. The second-order valence-electron chi connectivity index (χ2n) is 4.96. The molecular weight excluding hydrogens is 361 g/mol. The van der Waals surface area contributed by atoms with Crippen LogP contribution < -0.4 is 5.32 Å². The lowest BCUT2D eigenvalue weighted by Gasteiger charge is -2.18. The minimum absolute atomic E-state index is 0.312. The van der Waals surface area contributed by atoms with Crippen molar-refractivity contribution in [3.05, 3.63) is 44.5 Å². The maximum atomic E-state index is 13.3. The summed E-state index contributed by atoms with van der Waals surface area (Å²) in [4.78, 5) is 2.29. The third kappa shape index (κ3) is 3.25. The Labute approximate surface area is 136 Å². The molecule has 5 heteroatoms. The number of nitrogens with one attached hydrogen (secondary N) is 1. The lowest BCUT2D eigenvalue weighted by Crippen LogP contribution is -2.20. The van der Waals surface area contributed by atoms with Crippen LogP contribution in [-0.4, -0.2) is 7.05 Å². The molecule has 2 rings (SSSR count). The molecule has 108 valence electrons. The molecule has 0 aliphatic carbocycles. The van der Waals surface area contributed by atoms with Gasteiger partial charge in [0.15, 0.2) is 0 Å². The highest BCUT2D eigenvalue weighted by Crippen LogP contribution is 2.41. The third-order valence-electron chi connectivity index (χ3n) is 3.16. The van der Waals surface area contributed by atoms with Crippen LogP contribution in [0.25, 0.3) is 10.4 Å². The van der Waals surface area contributed by atoms with E-state index in [9.17, 15) is 4.39 Å². The van der Waals surface area contributed by atoms with E-state index in [4.69, 9.17) is 11.6 Å². The fraction of sp³-hybridized carbons (Fsp3) is 0.333. The molecule has 0 saturated heterocycles. The molecule has 0 radical (unpaired) electrons. The molecule has 0 aliphatic rings. The van der Waals surface area contributed by atoms with Gasteiger partial charge >= 0.3 is 0 Å². The summed E-state index contributed by atoms with van der Waals surface area (Å²) in [6, 6.07) is 7.24. The molecule has 0 spiro atoms. The van der Waals surface area contributed by atoms with Crippen molar-refractivity contribution in [1.82, 2.24) is 5.32 Å². The SMILES string of the molecule is CNC(c1ccc(-c2c(Cl)cc(F)cc2Br)s1)C(C)C. The third-order valence-corrected chi connectivity index (χ3v) is 5.27. The van der Waals surface area contributed by atoms with E-state index in [0.29, 0.717) is 21.5 Å². The Bertz CT molecular complexity index is 589. The lowest BCUT2D eigenvalue weighted by molar-refractivity contribution is 0.449. The lowest BCUT2D eigenvalue weighted by atomic mass is 10.0. The van der Waals surface area contributed by atoms with Crippen molar-refractivity contribution in [2.75, 3.05) is 7.05 Å². The Balaban J connectivity index is 2.43. The van der Waals surface area contributed by atoms with Crippen molar-refractivity contribution in [3.8, 4) is 10.4 Å². The predicted octanol–water partition coefficient (Wildman–Crippen LogP) is 5.89. The summed E-state index contributed by atoms with van der Waals surface area (Å²) in [7, 11) is 1.96. The summed E-state index contributed by atoms with van der Waals surface area (Å²) in [6.07, 6.45) is 0. The average Bonchev–Trinajstić information content (AvgIpc) is 2.77. The fourth-order valence-electron chi connectivity index (χ4n) is 2.24. The molecule has 0 amide bonds. The van der Waals surface area contributed by atoms with Gasteiger partial charge in [0.1, 0.15) is 5.82 Å². The fourth-order valence-corrected chi connectivity index (χ4v) is 4.86. The van der Waals surface area contributed by atoms with Crippen LogP contribution >= 0.6 is 38.9 Å². The molecule has 1 aromatic heterocycles. The highest BCUT2D eigenvalue weighted by Gasteiger charge is 2.18. The second-order valence-corrected chi connectivity index (χ2v) is 7.33. The number of benzene rings is 1. The summed E-state index contributed by atoms with van der Waals surface area (Å²) < 4.78 is 14.0. The Morgan fingerprint density at radius 2 is 2.00 bits per heavy atom. The van der Waals surface area contributed by atoms with Gasteiger partial charge in [0.2, 0.25) is 0 Å². The van der Waals surface area contributed by atoms with E-state index < -0.39 is 0 Å². The first-order chi connectivity index (χ1) is 9.43. The van der Waals surface area contributed by atoms with E-state index >= 15 is 0 Å². The van der Waals surface area contributed by atoms with Crippen LogP contribution in [0.4, 0.5) is 4.39 Å². The van der Waals surface area contributed by atoms with Crippen LogP contribution in [0.15, 0.2) is 28.7 Å². The normalized spacial score (nSPS) is 12.9. The average molecular weight is 377 g/mol. The van der Waals surface area contributed by atoms with Gasteiger partial charge in [-0.1, -0.05) is 25.4 Å². The van der Waals surface area contributed by atoms with Gasteiger partial charge in [-0.15, -0.1) is 11.3 Å². The second kappa shape index (κ2) is 6.56. The smallest absolute Gasteiger partial charge is 0.125 e. The van der Waals surface area contributed by atoms with Gasteiger partial charge in [0.05, 0.1) is 5.02 Å². The maximum Gasteiger partial charge on any atom is 0.125 e. The zero-order valence-corrected chi connectivity index (χ0v) is 14.7. The summed E-state index contributed by atoms with van der Waals surface area (Å²) >= 11 is 11.3. The molecule has 0 bridgehead atoms. The van der Waals surface area contributed by atoms with Gasteiger partial charge in [-0.05, 0) is 53.2 Å². The first kappa shape index (κ1) is 16.0. The van der Waals surface area contributed by atoms with E-state index in [1.54, 1.807) is 11.3 Å². The Morgan fingerprint density at radius 1 is 1.30 bits per heavy atom. The molecule has 0 saturated carbocycles. The zero-order valence-electron chi connectivity index (χ0n) is 11.5. The summed E-state index contributed by atoms with van der Waals surface area (Å²) in [5.74, 6) is 0.163. The molecule has 1 atom stereocenters. The molecule has 2 aromatic rings. The molecule has 20 heavy (non-hydrogen) atoms. The monoisotopic (exact) mass is 375 g/mol. The number of rotatable bonds is 4. The van der Waals surface area contributed by atoms with Crippen molar-refractivity contribution in [2.45, 2.75) is 19.9 Å². The summed E-state index contributed by atoms with van der Waals surface area (Å²) in [5.41, 5.74) is 0.850. The van der Waals surface area contributed by atoms with Crippen molar-refractivity contribution in [3.63, 3.8) is 0 Å². The van der Waals surface area contributed by atoms with Gasteiger partial charge in [0, 0.05) is 25.8 Å².